The second kappa shape index (κ2) is 10.3. The van der Waals surface area contributed by atoms with Gasteiger partial charge in [-0.2, -0.15) is 0 Å². The summed E-state index contributed by atoms with van der Waals surface area (Å²) in [5, 5.41) is 0. The maximum Gasteiger partial charge on any atom is 0.329 e. The monoisotopic (exact) mass is 412 g/mol. The minimum absolute atomic E-state index is 0.179. The van der Waals surface area contributed by atoms with E-state index in [9.17, 15) is 14.4 Å². The predicted octanol–water partition coefficient (Wildman–Crippen LogP) is 6.70. The lowest BCUT2D eigenvalue weighted by molar-refractivity contribution is 0.288. The quantitative estimate of drug-likeness (QED) is 0.331. The van der Waals surface area contributed by atoms with E-state index in [0.717, 1.165) is 23.3 Å². The fourth-order valence-electron chi connectivity index (χ4n) is 3.34. The van der Waals surface area contributed by atoms with Gasteiger partial charge in [-0.1, -0.05) is 92.7 Å². The molecule has 0 radical (unpaired) electrons. The fraction of sp³-hybridized carbons (Fsp3) is 0.739. The number of rotatable bonds is 10. The SMILES string of the molecule is CCCCCCCCOc1c(C(C)(C)C)cc(CP(=O)(O)O)cc1C(C)(C)C. The highest BCUT2D eigenvalue weighted by Gasteiger charge is 2.29. The Labute approximate surface area is 172 Å². The molecule has 0 heterocycles. The first-order valence-electron chi connectivity index (χ1n) is 10.6. The normalized spacial score (nSPS) is 13.0. The Morgan fingerprint density at radius 2 is 1.32 bits per heavy atom. The third kappa shape index (κ3) is 8.68. The van der Waals surface area contributed by atoms with Crippen LogP contribution in [0.25, 0.3) is 0 Å². The van der Waals surface area contributed by atoms with E-state index in [1.54, 1.807) is 0 Å². The van der Waals surface area contributed by atoms with Crippen LogP contribution in [-0.4, -0.2) is 16.4 Å². The molecule has 0 saturated carbocycles. The Balaban J connectivity index is 3.15. The lowest BCUT2D eigenvalue weighted by atomic mass is 9.78. The molecule has 0 saturated heterocycles. The summed E-state index contributed by atoms with van der Waals surface area (Å²) in [6.07, 6.45) is 7.04. The Morgan fingerprint density at radius 3 is 1.75 bits per heavy atom. The number of hydrogen-bond acceptors (Lipinski definition) is 2. The molecule has 162 valence electrons. The van der Waals surface area contributed by atoms with Crippen molar-refractivity contribution in [1.29, 1.82) is 0 Å². The fourth-order valence-corrected chi connectivity index (χ4v) is 4.00. The highest BCUT2D eigenvalue weighted by Crippen LogP contribution is 2.45. The van der Waals surface area contributed by atoms with E-state index in [2.05, 4.69) is 48.5 Å². The molecule has 1 aromatic carbocycles. The van der Waals surface area contributed by atoms with Crippen LogP contribution >= 0.6 is 7.60 Å². The van der Waals surface area contributed by atoms with Gasteiger partial charge in [0.2, 0.25) is 0 Å². The van der Waals surface area contributed by atoms with Crippen molar-refractivity contribution < 1.29 is 19.1 Å². The number of unbranched alkanes of at least 4 members (excludes halogenated alkanes) is 5. The molecule has 0 fully saturated rings. The van der Waals surface area contributed by atoms with E-state index in [0.29, 0.717) is 12.2 Å². The van der Waals surface area contributed by atoms with Crippen LogP contribution in [0.2, 0.25) is 0 Å². The average molecular weight is 413 g/mol. The molecule has 0 amide bonds. The number of ether oxygens (including phenoxy) is 1. The van der Waals surface area contributed by atoms with Gasteiger partial charge < -0.3 is 14.5 Å². The lowest BCUT2D eigenvalue weighted by Crippen LogP contribution is -2.21. The molecule has 4 nitrogen and oxygen atoms in total. The van der Waals surface area contributed by atoms with Gasteiger partial charge >= 0.3 is 7.60 Å². The van der Waals surface area contributed by atoms with E-state index in [1.807, 2.05) is 12.1 Å². The van der Waals surface area contributed by atoms with Crippen molar-refractivity contribution >= 4 is 7.60 Å². The molecule has 0 unspecified atom stereocenters. The molecule has 0 atom stereocenters. The summed E-state index contributed by atoms with van der Waals surface area (Å²) in [4.78, 5) is 18.9. The largest absolute Gasteiger partial charge is 0.493 e. The molecular weight excluding hydrogens is 371 g/mol. The third-order valence-electron chi connectivity index (χ3n) is 4.90. The van der Waals surface area contributed by atoms with Crippen molar-refractivity contribution in [3.05, 3.63) is 28.8 Å². The Morgan fingerprint density at radius 1 is 0.857 bits per heavy atom. The van der Waals surface area contributed by atoms with Gasteiger partial charge in [-0.05, 0) is 22.8 Å². The summed E-state index contributed by atoms with van der Waals surface area (Å²) in [7, 11) is -4.13. The maximum atomic E-state index is 11.6. The van der Waals surface area contributed by atoms with Gasteiger partial charge in [-0.3, -0.25) is 4.57 Å². The van der Waals surface area contributed by atoms with Crippen molar-refractivity contribution in [2.24, 2.45) is 0 Å². The van der Waals surface area contributed by atoms with Gasteiger partial charge in [0.25, 0.3) is 0 Å². The molecule has 0 bridgehead atoms. The zero-order valence-electron chi connectivity index (χ0n) is 19.0. The third-order valence-corrected chi connectivity index (χ3v) is 5.67. The second-order valence-electron chi connectivity index (χ2n) is 9.96. The topological polar surface area (TPSA) is 66.8 Å². The minimum Gasteiger partial charge on any atom is -0.493 e. The molecule has 0 aromatic heterocycles. The lowest BCUT2D eigenvalue weighted by Gasteiger charge is -2.31. The first-order valence-corrected chi connectivity index (χ1v) is 12.4. The molecule has 2 N–H and O–H groups in total. The van der Waals surface area contributed by atoms with Crippen LogP contribution in [0.3, 0.4) is 0 Å². The van der Waals surface area contributed by atoms with Gasteiger partial charge in [0.15, 0.2) is 0 Å². The van der Waals surface area contributed by atoms with Crippen molar-refractivity contribution in [3.8, 4) is 5.75 Å². The smallest absolute Gasteiger partial charge is 0.329 e. The van der Waals surface area contributed by atoms with Crippen LogP contribution in [0, 0.1) is 0 Å². The van der Waals surface area contributed by atoms with Gasteiger partial charge in [0.05, 0.1) is 12.8 Å². The molecule has 0 aliphatic rings. The van der Waals surface area contributed by atoms with Gasteiger partial charge in [-0.15, -0.1) is 0 Å². The van der Waals surface area contributed by atoms with E-state index >= 15 is 0 Å². The molecule has 0 aliphatic heterocycles. The Hall–Kier alpha value is -0.830. The predicted molar refractivity (Wildman–Crippen MR) is 118 cm³/mol. The highest BCUT2D eigenvalue weighted by atomic mass is 31.2. The van der Waals surface area contributed by atoms with Crippen molar-refractivity contribution in [2.75, 3.05) is 6.61 Å². The molecular formula is C23H41O4P. The molecule has 28 heavy (non-hydrogen) atoms. The Bertz CT molecular complexity index is 627. The van der Waals surface area contributed by atoms with Crippen LogP contribution in [0.4, 0.5) is 0 Å². The maximum absolute atomic E-state index is 11.6. The zero-order valence-corrected chi connectivity index (χ0v) is 19.9. The summed E-state index contributed by atoms with van der Waals surface area (Å²) in [6.45, 7) is 15.6. The van der Waals surface area contributed by atoms with Gasteiger partial charge in [0, 0.05) is 11.1 Å². The summed E-state index contributed by atoms with van der Waals surface area (Å²) >= 11 is 0. The van der Waals surface area contributed by atoms with Crippen LogP contribution < -0.4 is 4.74 Å². The van der Waals surface area contributed by atoms with Crippen LogP contribution in [-0.2, 0) is 21.6 Å². The van der Waals surface area contributed by atoms with Gasteiger partial charge in [0.1, 0.15) is 5.75 Å². The summed E-state index contributed by atoms with van der Waals surface area (Å²) in [5.74, 6) is 0.892. The second-order valence-corrected chi connectivity index (χ2v) is 11.6. The van der Waals surface area contributed by atoms with E-state index in [1.165, 1.54) is 32.1 Å². The zero-order chi connectivity index (χ0) is 21.6. The van der Waals surface area contributed by atoms with E-state index in [4.69, 9.17) is 4.74 Å². The number of benzene rings is 1. The van der Waals surface area contributed by atoms with Crippen molar-refractivity contribution in [3.63, 3.8) is 0 Å². The molecule has 1 rings (SSSR count). The number of hydrogen-bond donors (Lipinski definition) is 2. The van der Waals surface area contributed by atoms with Crippen LogP contribution in [0.15, 0.2) is 12.1 Å². The first kappa shape index (κ1) is 25.2. The molecule has 0 spiro atoms. The molecule has 1 aromatic rings. The Kier molecular flexibility index (Phi) is 9.25. The van der Waals surface area contributed by atoms with Crippen molar-refractivity contribution in [2.45, 2.75) is 104 Å². The minimum atomic E-state index is -4.13. The van der Waals surface area contributed by atoms with Gasteiger partial charge in [-0.25, -0.2) is 0 Å². The summed E-state index contributed by atoms with van der Waals surface area (Å²) in [5.41, 5.74) is 2.36. The van der Waals surface area contributed by atoms with E-state index in [-0.39, 0.29) is 17.0 Å². The standard InChI is InChI=1S/C23H41O4P/c1-8-9-10-11-12-13-14-27-21-19(22(2,3)4)15-18(17-28(24,25)26)16-20(21)23(5,6)7/h15-16H,8-14,17H2,1-7H3,(H2,24,25,26). The highest BCUT2D eigenvalue weighted by molar-refractivity contribution is 7.50. The van der Waals surface area contributed by atoms with E-state index < -0.39 is 7.60 Å². The summed E-state index contributed by atoms with van der Waals surface area (Å²) in [6, 6.07) is 3.84. The molecule has 0 aliphatic carbocycles. The average Bonchev–Trinajstić information content (AvgIpc) is 2.51. The first-order chi connectivity index (χ1) is 12.8. The molecule has 5 heteroatoms. The van der Waals surface area contributed by atoms with Crippen molar-refractivity contribution in [1.82, 2.24) is 0 Å². The van der Waals surface area contributed by atoms with Crippen LogP contribution in [0.5, 0.6) is 5.75 Å². The summed E-state index contributed by atoms with van der Waals surface area (Å²) < 4.78 is 17.9. The van der Waals surface area contributed by atoms with Crippen LogP contribution in [0.1, 0.15) is 104 Å².